The van der Waals surface area contributed by atoms with E-state index in [1.54, 1.807) is 13.2 Å². The van der Waals surface area contributed by atoms with Crippen LogP contribution in [0.1, 0.15) is 31.4 Å². The van der Waals surface area contributed by atoms with Gasteiger partial charge in [0, 0.05) is 7.11 Å². The Morgan fingerprint density at radius 3 is 2.94 bits per heavy atom. The molecular formula is C13H20N2O2. The number of aromatic nitrogens is 1. The molecule has 2 unspecified atom stereocenters. The number of pyridine rings is 1. The van der Waals surface area contributed by atoms with E-state index in [0.717, 1.165) is 25.0 Å². The van der Waals surface area contributed by atoms with E-state index >= 15 is 0 Å². The summed E-state index contributed by atoms with van der Waals surface area (Å²) >= 11 is 0. The van der Waals surface area contributed by atoms with Gasteiger partial charge in [0.05, 0.1) is 24.5 Å². The highest BCUT2D eigenvalue weighted by atomic mass is 16.5. The monoisotopic (exact) mass is 236 g/mol. The minimum atomic E-state index is 0.289. The Kier molecular flexibility index (Phi) is 4.34. The standard InChI is InChI=1S/C13H20N2O2/c1-16-11-5-3-6-12(8-11)17-9-10-4-2-7-13(14)15-10/h2,4,7,11-12H,3,5-6,8-9H2,1H3,(H2,14,15). The van der Waals surface area contributed by atoms with Crippen molar-refractivity contribution in [3.05, 3.63) is 23.9 Å². The third kappa shape index (κ3) is 3.68. The van der Waals surface area contributed by atoms with Crippen LogP contribution < -0.4 is 5.73 Å². The third-order valence-corrected chi connectivity index (χ3v) is 3.21. The molecule has 1 saturated carbocycles. The van der Waals surface area contributed by atoms with Gasteiger partial charge >= 0.3 is 0 Å². The Balaban J connectivity index is 1.81. The van der Waals surface area contributed by atoms with Crippen molar-refractivity contribution in [3.63, 3.8) is 0 Å². The summed E-state index contributed by atoms with van der Waals surface area (Å²) < 4.78 is 11.2. The highest BCUT2D eigenvalue weighted by molar-refractivity contribution is 5.28. The second kappa shape index (κ2) is 5.98. The fourth-order valence-corrected chi connectivity index (χ4v) is 2.25. The number of nitrogens with zero attached hydrogens (tertiary/aromatic N) is 1. The molecular weight excluding hydrogens is 216 g/mol. The zero-order valence-corrected chi connectivity index (χ0v) is 10.3. The maximum atomic E-state index is 5.86. The van der Waals surface area contributed by atoms with Crippen LogP contribution >= 0.6 is 0 Å². The molecule has 2 N–H and O–H groups in total. The molecule has 0 aliphatic heterocycles. The van der Waals surface area contributed by atoms with Crippen molar-refractivity contribution in [2.75, 3.05) is 12.8 Å². The van der Waals surface area contributed by atoms with E-state index < -0.39 is 0 Å². The number of methoxy groups -OCH3 is 1. The third-order valence-electron chi connectivity index (χ3n) is 3.21. The minimum Gasteiger partial charge on any atom is -0.384 e. The van der Waals surface area contributed by atoms with Crippen LogP contribution in [0.4, 0.5) is 5.82 Å². The maximum Gasteiger partial charge on any atom is 0.123 e. The molecule has 0 spiro atoms. The lowest BCUT2D eigenvalue weighted by atomic mass is 9.95. The van der Waals surface area contributed by atoms with Gasteiger partial charge in [0.2, 0.25) is 0 Å². The van der Waals surface area contributed by atoms with Crippen molar-refractivity contribution in [1.29, 1.82) is 0 Å². The van der Waals surface area contributed by atoms with E-state index in [9.17, 15) is 0 Å². The van der Waals surface area contributed by atoms with Gasteiger partial charge in [-0.3, -0.25) is 0 Å². The molecule has 1 aromatic heterocycles. The van der Waals surface area contributed by atoms with E-state index in [-0.39, 0.29) is 6.10 Å². The molecule has 1 aliphatic carbocycles. The number of ether oxygens (including phenoxy) is 2. The predicted octanol–water partition coefficient (Wildman–Crippen LogP) is 2.14. The number of hydrogen-bond acceptors (Lipinski definition) is 4. The van der Waals surface area contributed by atoms with Crippen LogP contribution in [0.25, 0.3) is 0 Å². The maximum absolute atomic E-state index is 5.86. The normalized spacial score (nSPS) is 24.8. The largest absolute Gasteiger partial charge is 0.384 e. The van der Waals surface area contributed by atoms with Gasteiger partial charge < -0.3 is 15.2 Å². The Morgan fingerprint density at radius 1 is 1.35 bits per heavy atom. The number of anilines is 1. The van der Waals surface area contributed by atoms with Crippen LogP contribution in [-0.4, -0.2) is 24.3 Å². The summed E-state index contributed by atoms with van der Waals surface area (Å²) in [4.78, 5) is 4.22. The van der Waals surface area contributed by atoms with Crippen LogP contribution in [-0.2, 0) is 16.1 Å². The van der Waals surface area contributed by atoms with Gasteiger partial charge in [-0.25, -0.2) is 4.98 Å². The molecule has 17 heavy (non-hydrogen) atoms. The van der Waals surface area contributed by atoms with Gasteiger partial charge in [-0.05, 0) is 37.8 Å². The Bertz CT molecular complexity index is 357. The summed E-state index contributed by atoms with van der Waals surface area (Å²) in [7, 11) is 1.77. The molecule has 1 heterocycles. The molecule has 2 rings (SSSR count). The first-order valence-corrected chi connectivity index (χ1v) is 6.13. The summed E-state index contributed by atoms with van der Waals surface area (Å²) in [5.74, 6) is 0.546. The number of hydrogen-bond donors (Lipinski definition) is 1. The van der Waals surface area contributed by atoms with Gasteiger partial charge in [0.25, 0.3) is 0 Å². The Labute approximate surface area is 102 Å². The lowest BCUT2D eigenvalue weighted by molar-refractivity contribution is -0.0371. The van der Waals surface area contributed by atoms with Gasteiger partial charge in [-0.1, -0.05) is 6.07 Å². The second-order valence-corrected chi connectivity index (χ2v) is 4.51. The lowest BCUT2D eigenvalue weighted by Crippen LogP contribution is -2.27. The molecule has 0 radical (unpaired) electrons. The molecule has 94 valence electrons. The predicted molar refractivity (Wildman–Crippen MR) is 66.5 cm³/mol. The van der Waals surface area contributed by atoms with Gasteiger partial charge in [-0.15, -0.1) is 0 Å². The molecule has 0 amide bonds. The van der Waals surface area contributed by atoms with E-state index in [2.05, 4.69) is 4.98 Å². The van der Waals surface area contributed by atoms with Crippen molar-refractivity contribution in [2.24, 2.45) is 0 Å². The molecule has 2 atom stereocenters. The van der Waals surface area contributed by atoms with Gasteiger partial charge in [0.1, 0.15) is 5.82 Å². The lowest BCUT2D eigenvalue weighted by Gasteiger charge is -2.28. The molecule has 0 bridgehead atoms. The summed E-state index contributed by atoms with van der Waals surface area (Å²) in [5, 5.41) is 0. The van der Waals surface area contributed by atoms with Crippen LogP contribution in [0, 0.1) is 0 Å². The second-order valence-electron chi connectivity index (χ2n) is 4.51. The smallest absolute Gasteiger partial charge is 0.123 e. The summed E-state index contributed by atoms with van der Waals surface area (Å²) in [6, 6.07) is 5.62. The van der Waals surface area contributed by atoms with E-state index in [4.69, 9.17) is 15.2 Å². The summed E-state index contributed by atoms with van der Waals surface area (Å²) in [6.45, 7) is 0.534. The molecule has 1 fully saturated rings. The van der Waals surface area contributed by atoms with Crippen molar-refractivity contribution < 1.29 is 9.47 Å². The number of nitrogens with two attached hydrogens (primary N) is 1. The SMILES string of the molecule is COC1CCCC(OCc2cccc(N)n2)C1. The first kappa shape index (κ1) is 12.3. The topological polar surface area (TPSA) is 57.4 Å². The first-order chi connectivity index (χ1) is 8.28. The van der Waals surface area contributed by atoms with Crippen LogP contribution in [0.2, 0.25) is 0 Å². The van der Waals surface area contributed by atoms with Crippen molar-refractivity contribution in [1.82, 2.24) is 4.98 Å². The zero-order valence-electron chi connectivity index (χ0n) is 10.3. The Morgan fingerprint density at radius 2 is 2.18 bits per heavy atom. The van der Waals surface area contributed by atoms with Crippen molar-refractivity contribution >= 4 is 5.82 Å². The average molecular weight is 236 g/mol. The van der Waals surface area contributed by atoms with Gasteiger partial charge in [0.15, 0.2) is 0 Å². The van der Waals surface area contributed by atoms with Crippen LogP contribution in [0.15, 0.2) is 18.2 Å². The van der Waals surface area contributed by atoms with Crippen molar-refractivity contribution in [3.8, 4) is 0 Å². The van der Waals surface area contributed by atoms with Crippen LogP contribution in [0.5, 0.6) is 0 Å². The zero-order chi connectivity index (χ0) is 12.1. The van der Waals surface area contributed by atoms with E-state index in [1.165, 1.54) is 6.42 Å². The average Bonchev–Trinajstić information content (AvgIpc) is 2.37. The first-order valence-electron chi connectivity index (χ1n) is 6.13. The fourth-order valence-electron chi connectivity index (χ4n) is 2.25. The number of rotatable bonds is 4. The van der Waals surface area contributed by atoms with E-state index in [0.29, 0.717) is 18.5 Å². The highest BCUT2D eigenvalue weighted by Gasteiger charge is 2.22. The van der Waals surface area contributed by atoms with E-state index in [1.807, 2.05) is 12.1 Å². The summed E-state index contributed by atoms with van der Waals surface area (Å²) in [6.07, 6.45) is 5.06. The Hall–Kier alpha value is -1.13. The fraction of sp³-hybridized carbons (Fsp3) is 0.615. The molecule has 4 heteroatoms. The highest BCUT2D eigenvalue weighted by Crippen LogP contribution is 2.23. The van der Waals surface area contributed by atoms with Crippen molar-refractivity contribution in [2.45, 2.75) is 44.5 Å². The quantitative estimate of drug-likeness (QED) is 0.870. The summed E-state index contributed by atoms with van der Waals surface area (Å²) in [5.41, 5.74) is 6.52. The molecule has 1 aromatic rings. The molecule has 1 aliphatic rings. The molecule has 0 saturated heterocycles. The minimum absolute atomic E-state index is 0.289. The van der Waals surface area contributed by atoms with Gasteiger partial charge in [-0.2, -0.15) is 0 Å². The number of nitrogen functional groups attached to an aromatic ring is 1. The van der Waals surface area contributed by atoms with Crippen LogP contribution in [0.3, 0.4) is 0 Å². The molecule has 4 nitrogen and oxygen atoms in total. The molecule has 0 aromatic carbocycles.